The van der Waals surface area contributed by atoms with E-state index in [2.05, 4.69) is 41.8 Å². The molecule has 4 nitrogen and oxygen atoms in total. The zero-order valence-corrected chi connectivity index (χ0v) is 14.8. The molecule has 0 saturated heterocycles. The fourth-order valence-corrected chi connectivity index (χ4v) is 3.18. The second kappa shape index (κ2) is 7.82. The summed E-state index contributed by atoms with van der Waals surface area (Å²) in [5, 5.41) is 6.71. The molecular formula is C19H30N2O2. The van der Waals surface area contributed by atoms with Gasteiger partial charge in [-0.05, 0) is 58.9 Å². The summed E-state index contributed by atoms with van der Waals surface area (Å²) in [7, 11) is 0. The first kappa shape index (κ1) is 17.8. The number of rotatable bonds is 5. The lowest BCUT2D eigenvalue weighted by molar-refractivity contribution is 0.0497. The lowest BCUT2D eigenvalue weighted by Crippen LogP contribution is -2.50. The Bertz CT molecular complexity index is 496. The molecule has 1 fully saturated rings. The van der Waals surface area contributed by atoms with E-state index in [-0.39, 0.29) is 12.1 Å². The minimum atomic E-state index is -0.452. The van der Waals surface area contributed by atoms with Crippen LogP contribution >= 0.6 is 0 Å². The molecule has 0 heterocycles. The van der Waals surface area contributed by atoms with Crippen LogP contribution in [-0.2, 0) is 11.2 Å². The first-order valence-corrected chi connectivity index (χ1v) is 8.63. The minimum Gasteiger partial charge on any atom is -0.444 e. The fourth-order valence-electron chi connectivity index (χ4n) is 3.18. The summed E-state index contributed by atoms with van der Waals surface area (Å²) in [5.74, 6) is 0. The number of nitrogens with one attached hydrogen (secondary N) is 2. The van der Waals surface area contributed by atoms with Gasteiger partial charge in [0.05, 0.1) is 0 Å². The third-order valence-corrected chi connectivity index (χ3v) is 4.10. The number of carbonyl (C=O) groups excluding carboxylic acids is 1. The van der Waals surface area contributed by atoms with Crippen LogP contribution in [0.2, 0.25) is 0 Å². The Hall–Kier alpha value is -1.55. The Kier molecular flexibility index (Phi) is 6.05. The van der Waals surface area contributed by atoms with Crippen LogP contribution in [0.3, 0.4) is 0 Å². The lowest BCUT2D eigenvalue weighted by atomic mass is 10.1. The highest BCUT2D eigenvalue weighted by atomic mass is 16.6. The van der Waals surface area contributed by atoms with Crippen molar-refractivity contribution in [3.05, 3.63) is 35.9 Å². The highest BCUT2D eigenvalue weighted by Gasteiger charge is 2.30. The highest BCUT2D eigenvalue weighted by Crippen LogP contribution is 2.21. The molecule has 2 rings (SSSR count). The maximum Gasteiger partial charge on any atom is 0.407 e. The van der Waals surface area contributed by atoms with Gasteiger partial charge < -0.3 is 15.4 Å². The number of benzene rings is 1. The molecule has 1 amide bonds. The molecule has 2 N–H and O–H groups in total. The molecule has 1 aromatic rings. The van der Waals surface area contributed by atoms with Gasteiger partial charge >= 0.3 is 6.09 Å². The van der Waals surface area contributed by atoms with Gasteiger partial charge in [-0.3, -0.25) is 0 Å². The van der Waals surface area contributed by atoms with Crippen LogP contribution in [0.4, 0.5) is 4.79 Å². The summed E-state index contributed by atoms with van der Waals surface area (Å²) in [6, 6.07) is 11.4. The zero-order chi connectivity index (χ0) is 16.9. The number of alkyl carbamates (subject to hydrolysis) is 1. The number of hydrogen-bond donors (Lipinski definition) is 2. The first-order valence-electron chi connectivity index (χ1n) is 8.63. The molecule has 23 heavy (non-hydrogen) atoms. The van der Waals surface area contributed by atoms with Gasteiger partial charge in [0, 0.05) is 18.1 Å². The molecule has 0 radical (unpaired) electrons. The second-order valence-corrected chi connectivity index (χ2v) is 7.55. The first-order chi connectivity index (χ1) is 10.8. The topological polar surface area (TPSA) is 50.4 Å². The quantitative estimate of drug-likeness (QED) is 0.871. The summed E-state index contributed by atoms with van der Waals surface area (Å²) < 4.78 is 5.37. The predicted octanol–water partition coefficient (Wildman–Crippen LogP) is 3.65. The van der Waals surface area contributed by atoms with Crippen molar-refractivity contribution in [1.29, 1.82) is 0 Å². The Labute approximate surface area is 140 Å². The molecule has 0 aliphatic heterocycles. The van der Waals surface area contributed by atoms with Crippen LogP contribution in [0.15, 0.2) is 30.3 Å². The van der Waals surface area contributed by atoms with Gasteiger partial charge in [0.25, 0.3) is 0 Å². The van der Waals surface area contributed by atoms with E-state index in [9.17, 15) is 4.79 Å². The van der Waals surface area contributed by atoms with E-state index >= 15 is 0 Å². The smallest absolute Gasteiger partial charge is 0.407 e. The second-order valence-electron chi connectivity index (χ2n) is 7.55. The number of ether oxygens (including phenoxy) is 1. The van der Waals surface area contributed by atoms with E-state index in [0.29, 0.717) is 12.1 Å². The molecule has 0 aromatic heterocycles. The summed E-state index contributed by atoms with van der Waals surface area (Å²) in [6.07, 6.45) is 3.92. The van der Waals surface area contributed by atoms with Gasteiger partial charge in [0.15, 0.2) is 0 Å². The SMILES string of the molecule is CC(Cc1ccccc1)NC1CCCC1NC(=O)OC(C)(C)C. The Morgan fingerprint density at radius 2 is 1.87 bits per heavy atom. The normalized spacial score (nSPS) is 22.6. The molecule has 4 heteroatoms. The van der Waals surface area contributed by atoms with Crippen molar-refractivity contribution < 1.29 is 9.53 Å². The van der Waals surface area contributed by atoms with Crippen LogP contribution in [0.1, 0.15) is 52.5 Å². The van der Waals surface area contributed by atoms with Crippen molar-refractivity contribution in [2.75, 3.05) is 0 Å². The van der Waals surface area contributed by atoms with E-state index < -0.39 is 5.60 Å². The van der Waals surface area contributed by atoms with Crippen LogP contribution < -0.4 is 10.6 Å². The van der Waals surface area contributed by atoms with Crippen molar-refractivity contribution >= 4 is 6.09 Å². The van der Waals surface area contributed by atoms with Gasteiger partial charge in [-0.25, -0.2) is 4.79 Å². The molecule has 3 atom stereocenters. The summed E-state index contributed by atoms with van der Waals surface area (Å²) in [4.78, 5) is 12.0. The molecule has 3 unspecified atom stereocenters. The van der Waals surface area contributed by atoms with Gasteiger partial charge in [-0.1, -0.05) is 30.3 Å². The zero-order valence-electron chi connectivity index (χ0n) is 14.8. The van der Waals surface area contributed by atoms with Crippen LogP contribution in [0, 0.1) is 0 Å². The number of hydrogen-bond acceptors (Lipinski definition) is 3. The van der Waals surface area contributed by atoms with E-state index in [0.717, 1.165) is 25.7 Å². The molecule has 1 aromatic carbocycles. The molecule has 0 bridgehead atoms. The number of carbonyl (C=O) groups is 1. The average Bonchev–Trinajstić information content (AvgIpc) is 2.84. The summed E-state index contributed by atoms with van der Waals surface area (Å²) >= 11 is 0. The van der Waals surface area contributed by atoms with Crippen LogP contribution in [0.5, 0.6) is 0 Å². The number of amides is 1. The molecule has 1 aliphatic rings. The third kappa shape index (κ3) is 6.22. The van der Waals surface area contributed by atoms with Crippen molar-refractivity contribution in [2.24, 2.45) is 0 Å². The van der Waals surface area contributed by atoms with Gasteiger partial charge in [-0.15, -0.1) is 0 Å². The van der Waals surface area contributed by atoms with Crippen LogP contribution in [0.25, 0.3) is 0 Å². The van der Waals surface area contributed by atoms with Crippen molar-refractivity contribution in [3.63, 3.8) is 0 Å². The van der Waals surface area contributed by atoms with Gasteiger partial charge in [0.1, 0.15) is 5.60 Å². The van der Waals surface area contributed by atoms with Crippen LogP contribution in [-0.4, -0.2) is 29.8 Å². The Balaban J connectivity index is 1.83. The fraction of sp³-hybridized carbons (Fsp3) is 0.632. The molecular weight excluding hydrogens is 288 g/mol. The standard InChI is InChI=1S/C19H30N2O2/c1-14(13-15-9-6-5-7-10-15)20-16-11-8-12-17(16)21-18(22)23-19(2,3)4/h5-7,9-10,14,16-17,20H,8,11-13H2,1-4H3,(H,21,22). The molecule has 128 valence electrons. The van der Waals surface area contributed by atoms with E-state index in [1.807, 2.05) is 26.8 Å². The predicted molar refractivity (Wildman–Crippen MR) is 93.5 cm³/mol. The monoisotopic (exact) mass is 318 g/mol. The van der Waals surface area contributed by atoms with Gasteiger partial charge in [-0.2, -0.15) is 0 Å². The van der Waals surface area contributed by atoms with Crippen molar-refractivity contribution in [1.82, 2.24) is 10.6 Å². The third-order valence-electron chi connectivity index (χ3n) is 4.10. The van der Waals surface area contributed by atoms with E-state index in [4.69, 9.17) is 4.74 Å². The maximum absolute atomic E-state index is 12.0. The maximum atomic E-state index is 12.0. The Morgan fingerprint density at radius 1 is 1.22 bits per heavy atom. The summed E-state index contributed by atoms with van der Waals surface area (Å²) in [6.45, 7) is 7.87. The van der Waals surface area contributed by atoms with E-state index in [1.165, 1.54) is 5.56 Å². The molecule has 0 spiro atoms. The van der Waals surface area contributed by atoms with Crippen molar-refractivity contribution in [2.45, 2.75) is 77.1 Å². The van der Waals surface area contributed by atoms with Crippen molar-refractivity contribution in [3.8, 4) is 0 Å². The largest absolute Gasteiger partial charge is 0.444 e. The van der Waals surface area contributed by atoms with Gasteiger partial charge in [0.2, 0.25) is 0 Å². The summed E-state index contributed by atoms with van der Waals surface area (Å²) in [5.41, 5.74) is 0.883. The van der Waals surface area contributed by atoms with E-state index in [1.54, 1.807) is 0 Å². The highest BCUT2D eigenvalue weighted by molar-refractivity contribution is 5.68. The average molecular weight is 318 g/mol. The lowest BCUT2D eigenvalue weighted by Gasteiger charge is -2.27. The minimum absolute atomic E-state index is 0.156. The molecule has 1 aliphatic carbocycles. The Morgan fingerprint density at radius 3 is 2.52 bits per heavy atom. The molecule has 1 saturated carbocycles.